The maximum Gasteiger partial charge on any atom is 0.265 e. The summed E-state index contributed by atoms with van der Waals surface area (Å²) in [5, 5.41) is 25.7. The normalized spacial score (nSPS) is 33.6. The predicted molar refractivity (Wildman–Crippen MR) is 149 cm³/mol. The number of nitrogens with zero attached hydrogens (tertiary/aromatic N) is 3. The third kappa shape index (κ3) is 6.21. The molecule has 4 fully saturated rings. The zero-order valence-electron chi connectivity index (χ0n) is 24.0. The molecular formula is C30H48N4O4. The van der Waals surface area contributed by atoms with Crippen LogP contribution >= 0.6 is 0 Å². The van der Waals surface area contributed by atoms with Crippen molar-refractivity contribution < 1.29 is 19.8 Å². The number of nitrogens with one attached hydrogen (secondary N) is 1. The molecule has 8 heteroatoms. The fraction of sp³-hybridized carbons (Fsp3) is 0.733. The molecule has 5 rings (SSSR count). The Labute approximate surface area is 228 Å². The van der Waals surface area contributed by atoms with Gasteiger partial charge in [0, 0.05) is 31.8 Å². The van der Waals surface area contributed by atoms with Crippen molar-refractivity contribution in [2.75, 3.05) is 33.8 Å². The van der Waals surface area contributed by atoms with Gasteiger partial charge in [-0.2, -0.15) is 5.06 Å². The van der Waals surface area contributed by atoms with Crippen LogP contribution in [0.4, 0.5) is 0 Å². The van der Waals surface area contributed by atoms with E-state index < -0.39 is 24.2 Å². The zero-order chi connectivity index (χ0) is 27.6. The first kappa shape index (κ1) is 29.3. The van der Waals surface area contributed by atoms with E-state index in [9.17, 15) is 15.0 Å². The van der Waals surface area contributed by atoms with Crippen LogP contribution in [0, 0.1) is 35.0 Å². The number of benzene rings is 1. The van der Waals surface area contributed by atoms with Crippen LogP contribution in [-0.4, -0.2) is 84.3 Å². The van der Waals surface area contributed by atoms with Gasteiger partial charge in [0.05, 0.1) is 19.3 Å². The number of carbonyl (C=O) groups is 1. The maximum absolute atomic E-state index is 13.6. The lowest BCUT2D eigenvalue weighted by Gasteiger charge is -2.61. The minimum atomic E-state index is -0.824. The SMILES string of the molecule is C[C@H](O)[C@@H]1[C@H](CO)ON(Cc2cccc(CNCCN(C)C)c2)[C@@H]1C(=O)N=CC1C[C@H]2C[C@@H]([C@@H]1C)C2(C)C. The molecule has 2 bridgehead atoms. The molecule has 1 aliphatic heterocycles. The molecule has 3 saturated carbocycles. The lowest BCUT2D eigenvalue weighted by molar-refractivity contribution is -0.180. The summed E-state index contributed by atoms with van der Waals surface area (Å²) in [7, 11) is 4.11. The van der Waals surface area contributed by atoms with Crippen LogP contribution in [0.3, 0.4) is 0 Å². The predicted octanol–water partition coefficient (Wildman–Crippen LogP) is 2.73. The topological polar surface area (TPSA) is 97.6 Å². The second kappa shape index (κ2) is 12.2. The van der Waals surface area contributed by atoms with E-state index in [1.165, 1.54) is 6.42 Å². The lowest BCUT2D eigenvalue weighted by Crippen LogP contribution is -2.55. The second-order valence-corrected chi connectivity index (χ2v) is 12.7. The second-order valence-electron chi connectivity index (χ2n) is 12.7. The number of hydrogen-bond acceptors (Lipinski definition) is 7. The smallest absolute Gasteiger partial charge is 0.265 e. The van der Waals surface area contributed by atoms with Crippen LogP contribution in [0.15, 0.2) is 29.3 Å². The third-order valence-electron chi connectivity index (χ3n) is 9.57. The number of hydrogen-bond donors (Lipinski definition) is 3. The van der Waals surface area contributed by atoms with Gasteiger partial charge < -0.3 is 20.4 Å². The number of amides is 1. The van der Waals surface area contributed by atoms with Crippen molar-refractivity contribution in [2.45, 2.75) is 71.9 Å². The fourth-order valence-corrected chi connectivity index (χ4v) is 7.04. The molecule has 8 nitrogen and oxygen atoms in total. The molecule has 3 aliphatic carbocycles. The number of fused-ring (bicyclic) bond motifs is 2. The summed E-state index contributed by atoms with van der Waals surface area (Å²) < 4.78 is 0. The highest BCUT2D eigenvalue weighted by atomic mass is 16.7. The molecule has 1 saturated heterocycles. The van der Waals surface area contributed by atoms with Gasteiger partial charge in [0.2, 0.25) is 0 Å². The highest BCUT2D eigenvalue weighted by Gasteiger charge is 2.56. The standard InChI is InChI=1S/C30H48N4O4/c1-19-23(13-24-14-25(19)30(24,3)4)16-32-29(37)28-27(20(2)36)26(18-35)38-34(28)17-22-9-7-8-21(12-22)15-31-10-11-33(5)6/h7-9,12,16,19-20,23-28,31,35-36H,10-11,13-15,17-18H2,1-6H3/t19-,20+,23?,24+,25+,26+,27-,28+/m1/s1. The number of aliphatic hydroxyl groups excluding tert-OH is 2. The first-order valence-electron chi connectivity index (χ1n) is 14.3. The third-order valence-corrected chi connectivity index (χ3v) is 9.57. The van der Waals surface area contributed by atoms with E-state index in [1.54, 1.807) is 12.0 Å². The number of hydroxylamine groups is 2. The maximum atomic E-state index is 13.6. The number of aliphatic hydroxyl groups is 2. The van der Waals surface area contributed by atoms with E-state index in [2.05, 4.69) is 62.2 Å². The quantitative estimate of drug-likeness (QED) is 0.300. The van der Waals surface area contributed by atoms with E-state index in [1.807, 2.05) is 18.3 Å². The Balaban J connectivity index is 1.46. The number of rotatable bonds is 11. The van der Waals surface area contributed by atoms with Crippen LogP contribution in [0.2, 0.25) is 0 Å². The van der Waals surface area contributed by atoms with E-state index in [-0.39, 0.29) is 12.5 Å². The van der Waals surface area contributed by atoms with Gasteiger partial charge in [-0.15, -0.1) is 0 Å². The van der Waals surface area contributed by atoms with E-state index in [0.717, 1.165) is 37.2 Å². The van der Waals surface area contributed by atoms with Crippen molar-refractivity contribution in [2.24, 2.45) is 40.0 Å². The first-order chi connectivity index (χ1) is 18.0. The van der Waals surface area contributed by atoms with E-state index >= 15 is 0 Å². The summed E-state index contributed by atoms with van der Waals surface area (Å²) in [5.74, 6) is 1.29. The zero-order valence-corrected chi connectivity index (χ0v) is 24.0. The Hall–Kier alpha value is -1.68. The Kier molecular flexibility index (Phi) is 9.43. The van der Waals surface area contributed by atoms with Gasteiger partial charge in [-0.1, -0.05) is 45.0 Å². The number of carbonyl (C=O) groups excluding carboxylic acids is 1. The average Bonchev–Trinajstić information content (AvgIpc) is 3.24. The van der Waals surface area contributed by atoms with Gasteiger partial charge in [-0.3, -0.25) is 9.63 Å². The highest BCUT2D eigenvalue weighted by molar-refractivity contribution is 5.90. The van der Waals surface area contributed by atoms with E-state index in [4.69, 9.17) is 4.84 Å². The average molecular weight is 529 g/mol. The molecule has 1 aromatic carbocycles. The molecule has 1 amide bonds. The number of likely N-dealkylation sites (N-methyl/N-ethyl adjacent to an activating group) is 1. The van der Waals surface area contributed by atoms with Crippen molar-refractivity contribution in [3.05, 3.63) is 35.4 Å². The van der Waals surface area contributed by atoms with Crippen molar-refractivity contribution in [3.8, 4) is 0 Å². The first-order valence-corrected chi connectivity index (χ1v) is 14.3. The Bertz CT molecular complexity index is 981. The Morgan fingerprint density at radius 3 is 2.68 bits per heavy atom. The summed E-state index contributed by atoms with van der Waals surface area (Å²) in [6.07, 6.45) is 2.74. The molecule has 0 radical (unpaired) electrons. The summed E-state index contributed by atoms with van der Waals surface area (Å²) >= 11 is 0. The van der Waals surface area contributed by atoms with Crippen molar-refractivity contribution in [1.82, 2.24) is 15.3 Å². The molecule has 4 aliphatic rings. The van der Waals surface area contributed by atoms with Crippen molar-refractivity contribution in [3.63, 3.8) is 0 Å². The van der Waals surface area contributed by atoms with Crippen molar-refractivity contribution >= 4 is 12.1 Å². The van der Waals surface area contributed by atoms with Gasteiger partial charge in [-0.05, 0) is 74.1 Å². The van der Waals surface area contributed by atoms with Crippen molar-refractivity contribution in [1.29, 1.82) is 0 Å². The van der Waals surface area contributed by atoms with Crippen LogP contribution in [0.25, 0.3) is 0 Å². The fourth-order valence-electron chi connectivity index (χ4n) is 7.04. The Morgan fingerprint density at radius 1 is 1.32 bits per heavy atom. The summed E-state index contributed by atoms with van der Waals surface area (Å²) in [6.45, 7) is 11.4. The molecule has 1 unspecified atom stereocenters. The highest BCUT2D eigenvalue weighted by Crippen LogP contribution is 2.62. The van der Waals surface area contributed by atoms with E-state index in [0.29, 0.717) is 35.6 Å². The van der Waals surface area contributed by atoms with Gasteiger partial charge in [0.1, 0.15) is 12.1 Å². The largest absolute Gasteiger partial charge is 0.394 e. The molecule has 212 valence electrons. The molecule has 3 N–H and O–H groups in total. The van der Waals surface area contributed by atoms with Crippen LogP contribution < -0.4 is 5.32 Å². The van der Waals surface area contributed by atoms with Gasteiger partial charge in [0.25, 0.3) is 5.91 Å². The molecule has 8 atom stereocenters. The number of aliphatic imine (C=N–C) groups is 1. The van der Waals surface area contributed by atoms with Crippen LogP contribution in [0.1, 0.15) is 51.7 Å². The summed E-state index contributed by atoms with van der Waals surface area (Å²) in [4.78, 5) is 26.2. The van der Waals surface area contributed by atoms with Gasteiger partial charge >= 0.3 is 0 Å². The molecule has 1 heterocycles. The lowest BCUT2D eigenvalue weighted by atomic mass is 9.43. The van der Waals surface area contributed by atoms with Crippen LogP contribution in [0.5, 0.6) is 0 Å². The molecule has 0 spiro atoms. The minimum Gasteiger partial charge on any atom is -0.394 e. The molecule has 0 aromatic heterocycles. The summed E-state index contributed by atoms with van der Waals surface area (Å²) in [6, 6.07) is 7.46. The molecule has 1 aromatic rings. The summed E-state index contributed by atoms with van der Waals surface area (Å²) in [5.41, 5.74) is 2.54. The monoisotopic (exact) mass is 528 g/mol. The molecule has 38 heavy (non-hydrogen) atoms. The van der Waals surface area contributed by atoms with Crippen LogP contribution in [-0.2, 0) is 22.7 Å². The minimum absolute atomic E-state index is 0.270. The van der Waals surface area contributed by atoms with Gasteiger partial charge in [-0.25, -0.2) is 4.99 Å². The molecular weight excluding hydrogens is 480 g/mol. The Morgan fingerprint density at radius 2 is 2.05 bits per heavy atom. The van der Waals surface area contributed by atoms with Gasteiger partial charge in [0.15, 0.2) is 0 Å².